The number of halogens is 3. The van der Waals surface area contributed by atoms with E-state index in [2.05, 4.69) is 4.74 Å². The van der Waals surface area contributed by atoms with Gasteiger partial charge in [0, 0.05) is 11.1 Å². The van der Waals surface area contributed by atoms with Crippen molar-refractivity contribution in [1.29, 1.82) is 0 Å². The second-order valence-corrected chi connectivity index (χ2v) is 4.21. The van der Waals surface area contributed by atoms with Crippen LogP contribution in [0.1, 0.15) is 5.56 Å². The SMILES string of the molecule is O=C1C=CC(F)(F)[C@H](/C=C/c2ccc(Cl)cc2)O1. The van der Waals surface area contributed by atoms with Crippen LogP contribution in [0, 0.1) is 0 Å². The Bertz CT molecular complexity index is 506. The molecule has 0 spiro atoms. The van der Waals surface area contributed by atoms with E-state index in [9.17, 15) is 13.6 Å². The largest absolute Gasteiger partial charge is 0.448 e. The Hall–Kier alpha value is -1.68. The van der Waals surface area contributed by atoms with Crippen molar-refractivity contribution in [3.63, 3.8) is 0 Å². The molecule has 0 bridgehead atoms. The molecule has 0 unspecified atom stereocenters. The smallest absolute Gasteiger partial charge is 0.331 e. The molecule has 1 aliphatic heterocycles. The molecule has 5 heteroatoms. The fourth-order valence-electron chi connectivity index (χ4n) is 1.46. The van der Waals surface area contributed by atoms with Crippen molar-refractivity contribution >= 4 is 23.6 Å². The van der Waals surface area contributed by atoms with E-state index in [4.69, 9.17) is 11.6 Å². The van der Waals surface area contributed by atoms with E-state index in [1.54, 1.807) is 24.3 Å². The zero-order valence-corrected chi connectivity index (χ0v) is 9.90. The van der Waals surface area contributed by atoms with E-state index in [-0.39, 0.29) is 0 Å². The molecule has 1 atom stereocenters. The Labute approximate surface area is 108 Å². The molecule has 18 heavy (non-hydrogen) atoms. The van der Waals surface area contributed by atoms with Crippen LogP contribution in [0.3, 0.4) is 0 Å². The molecule has 2 nitrogen and oxygen atoms in total. The molecule has 0 fully saturated rings. The number of carbonyl (C=O) groups excluding carboxylic acids is 1. The Kier molecular flexibility index (Phi) is 3.48. The van der Waals surface area contributed by atoms with Gasteiger partial charge >= 0.3 is 11.9 Å². The van der Waals surface area contributed by atoms with Gasteiger partial charge in [-0.05, 0) is 29.8 Å². The lowest BCUT2D eigenvalue weighted by Gasteiger charge is -2.24. The highest BCUT2D eigenvalue weighted by Crippen LogP contribution is 2.28. The van der Waals surface area contributed by atoms with Crippen LogP contribution in [0.4, 0.5) is 8.78 Å². The van der Waals surface area contributed by atoms with Crippen molar-refractivity contribution in [2.24, 2.45) is 0 Å². The lowest BCUT2D eigenvalue weighted by molar-refractivity contribution is -0.157. The van der Waals surface area contributed by atoms with Gasteiger partial charge in [-0.2, -0.15) is 8.78 Å². The minimum atomic E-state index is -3.18. The van der Waals surface area contributed by atoms with Gasteiger partial charge in [0.15, 0.2) is 6.10 Å². The Balaban J connectivity index is 2.15. The molecule has 0 radical (unpaired) electrons. The van der Waals surface area contributed by atoms with Crippen molar-refractivity contribution in [2.75, 3.05) is 0 Å². The maximum absolute atomic E-state index is 13.4. The fraction of sp³-hybridized carbons (Fsp3) is 0.154. The predicted octanol–water partition coefficient (Wildman–Crippen LogP) is 3.47. The van der Waals surface area contributed by atoms with Gasteiger partial charge in [0.05, 0.1) is 0 Å². The van der Waals surface area contributed by atoms with E-state index in [0.717, 1.165) is 12.2 Å². The third-order valence-electron chi connectivity index (χ3n) is 2.40. The number of cyclic esters (lactones) is 1. The van der Waals surface area contributed by atoms with Crippen LogP contribution in [-0.4, -0.2) is 18.0 Å². The summed E-state index contributed by atoms with van der Waals surface area (Å²) < 4.78 is 31.3. The lowest BCUT2D eigenvalue weighted by Crippen LogP contribution is -2.37. The molecule has 1 aromatic rings. The summed E-state index contributed by atoms with van der Waals surface area (Å²) in [4.78, 5) is 10.9. The number of esters is 1. The molecule has 1 heterocycles. The lowest BCUT2D eigenvalue weighted by atomic mass is 10.1. The minimum Gasteiger partial charge on any atom is -0.448 e. The summed E-state index contributed by atoms with van der Waals surface area (Å²) in [5.74, 6) is -3.96. The quantitative estimate of drug-likeness (QED) is 0.769. The van der Waals surface area contributed by atoms with Gasteiger partial charge in [-0.1, -0.05) is 29.8 Å². The Morgan fingerprint density at radius 1 is 1.28 bits per heavy atom. The van der Waals surface area contributed by atoms with Gasteiger partial charge in [0.2, 0.25) is 0 Å². The number of hydrogen-bond acceptors (Lipinski definition) is 2. The van der Waals surface area contributed by atoms with Crippen molar-refractivity contribution in [2.45, 2.75) is 12.0 Å². The number of benzene rings is 1. The molecule has 0 N–H and O–H groups in total. The highest BCUT2D eigenvalue weighted by atomic mass is 35.5. The van der Waals surface area contributed by atoms with Crippen LogP contribution in [0.25, 0.3) is 6.08 Å². The number of alkyl halides is 2. The minimum absolute atomic E-state index is 0.551. The van der Waals surface area contributed by atoms with Crippen molar-refractivity contribution in [1.82, 2.24) is 0 Å². The van der Waals surface area contributed by atoms with Crippen LogP contribution in [-0.2, 0) is 9.53 Å². The zero-order valence-electron chi connectivity index (χ0n) is 9.15. The highest BCUT2D eigenvalue weighted by molar-refractivity contribution is 6.30. The highest BCUT2D eigenvalue weighted by Gasteiger charge is 2.41. The first-order chi connectivity index (χ1) is 8.47. The van der Waals surface area contributed by atoms with Crippen molar-refractivity contribution in [3.8, 4) is 0 Å². The van der Waals surface area contributed by atoms with Crippen molar-refractivity contribution < 1.29 is 18.3 Å². The van der Waals surface area contributed by atoms with Crippen LogP contribution in [0.15, 0.2) is 42.5 Å². The summed E-state index contributed by atoms with van der Waals surface area (Å²) >= 11 is 5.70. The maximum Gasteiger partial charge on any atom is 0.331 e. The first-order valence-corrected chi connectivity index (χ1v) is 5.56. The molecule has 1 aromatic carbocycles. The van der Waals surface area contributed by atoms with Gasteiger partial charge in [0.1, 0.15) is 0 Å². The van der Waals surface area contributed by atoms with E-state index in [0.29, 0.717) is 16.7 Å². The fourth-order valence-corrected chi connectivity index (χ4v) is 1.58. The van der Waals surface area contributed by atoms with Gasteiger partial charge in [-0.3, -0.25) is 0 Å². The second kappa shape index (κ2) is 4.90. The molecule has 0 saturated carbocycles. The normalized spacial score (nSPS) is 22.2. The van der Waals surface area contributed by atoms with Crippen LogP contribution < -0.4 is 0 Å². The van der Waals surface area contributed by atoms with Crippen molar-refractivity contribution in [3.05, 3.63) is 53.1 Å². The van der Waals surface area contributed by atoms with E-state index in [1.807, 2.05) is 0 Å². The van der Waals surface area contributed by atoms with Crippen LogP contribution in [0.5, 0.6) is 0 Å². The average molecular weight is 271 g/mol. The van der Waals surface area contributed by atoms with Crippen LogP contribution >= 0.6 is 11.6 Å². The molecule has 0 aliphatic carbocycles. The van der Waals surface area contributed by atoms with Gasteiger partial charge in [0.25, 0.3) is 0 Å². The molecular formula is C13H9ClF2O2. The maximum atomic E-state index is 13.4. The first kappa shape index (κ1) is 12.8. The molecule has 0 saturated heterocycles. The second-order valence-electron chi connectivity index (χ2n) is 3.78. The van der Waals surface area contributed by atoms with Crippen LogP contribution in [0.2, 0.25) is 5.02 Å². The molecule has 0 aromatic heterocycles. The molecule has 94 valence electrons. The third-order valence-corrected chi connectivity index (χ3v) is 2.65. The number of rotatable bonds is 2. The standard InChI is InChI=1S/C13H9ClF2O2/c14-10-4-1-9(2-5-10)3-6-11-13(15,16)8-7-12(17)18-11/h1-8,11H/b6-3+/t11-/m0/s1. The van der Waals surface area contributed by atoms with E-state index >= 15 is 0 Å². The zero-order chi connectivity index (χ0) is 13.2. The molecule has 0 amide bonds. The summed E-state index contributed by atoms with van der Waals surface area (Å²) in [5, 5.41) is 0.560. The summed E-state index contributed by atoms with van der Waals surface area (Å²) in [7, 11) is 0. The number of carbonyl (C=O) groups is 1. The summed E-state index contributed by atoms with van der Waals surface area (Å²) in [6.45, 7) is 0. The predicted molar refractivity (Wildman–Crippen MR) is 64.5 cm³/mol. The summed E-state index contributed by atoms with van der Waals surface area (Å²) in [6.07, 6.45) is 2.32. The topological polar surface area (TPSA) is 26.3 Å². The Morgan fingerprint density at radius 2 is 1.94 bits per heavy atom. The summed E-state index contributed by atoms with van der Waals surface area (Å²) in [5.41, 5.74) is 0.695. The third kappa shape index (κ3) is 2.96. The number of ether oxygens (including phenoxy) is 1. The van der Waals surface area contributed by atoms with E-state index < -0.39 is 18.0 Å². The molecule has 1 aliphatic rings. The summed E-state index contributed by atoms with van der Waals surface area (Å²) in [6, 6.07) is 6.65. The first-order valence-electron chi connectivity index (χ1n) is 5.19. The van der Waals surface area contributed by atoms with Gasteiger partial charge in [-0.15, -0.1) is 0 Å². The van der Waals surface area contributed by atoms with E-state index in [1.165, 1.54) is 6.08 Å². The monoisotopic (exact) mass is 270 g/mol. The average Bonchev–Trinajstić information content (AvgIpc) is 2.33. The van der Waals surface area contributed by atoms with Gasteiger partial charge in [-0.25, -0.2) is 4.79 Å². The molecule has 2 rings (SSSR count). The molecular weight excluding hydrogens is 262 g/mol. The Morgan fingerprint density at radius 3 is 2.61 bits per heavy atom. The van der Waals surface area contributed by atoms with Gasteiger partial charge < -0.3 is 4.74 Å². The number of hydrogen-bond donors (Lipinski definition) is 0.